The Kier molecular flexibility index (Phi) is 5.95. The van der Waals surface area contributed by atoms with Gasteiger partial charge in [-0.25, -0.2) is 9.78 Å². The summed E-state index contributed by atoms with van der Waals surface area (Å²) < 4.78 is 11.6. The van der Waals surface area contributed by atoms with E-state index < -0.39 is 0 Å². The molecule has 3 fully saturated rings. The van der Waals surface area contributed by atoms with E-state index in [1.165, 1.54) is 4.90 Å². The third-order valence-corrected chi connectivity index (χ3v) is 7.16. The maximum Gasteiger partial charge on any atom is 0.327 e. The Morgan fingerprint density at radius 1 is 1.09 bits per heavy atom. The van der Waals surface area contributed by atoms with Gasteiger partial charge in [0.05, 0.1) is 25.1 Å². The Hall–Kier alpha value is -2.38. The van der Waals surface area contributed by atoms with Gasteiger partial charge in [0.1, 0.15) is 11.5 Å². The van der Waals surface area contributed by atoms with Crippen LogP contribution >= 0.6 is 11.6 Å². The summed E-state index contributed by atoms with van der Waals surface area (Å²) in [5.74, 6) is 1.000. The number of nitrogens with zero attached hydrogens (tertiary/aromatic N) is 3. The molecule has 1 aromatic carbocycles. The molecular formula is C24H28ClN3O4. The number of amides is 3. The highest BCUT2D eigenvalue weighted by molar-refractivity contribution is 6.30. The van der Waals surface area contributed by atoms with E-state index in [9.17, 15) is 9.59 Å². The van der Waals surface area contributed by atoms with Crippen molar-refractivity contribution in [1.29, 1.82) is 0 Å². The van der Waals surface area contributed by atoms with Crippen LogP contribution in [0.1, 0.15) is 50.0 Å². The van der Waals surface area contributed by atoms with Crippen LogP contribution in [0.3, 0.4) is 0 Å². The lowest BCUT2D eigenvalue weighted by molar-refractivity contribution is -0.142. The third-order valence-electron chi connectivity index (χ3n) is 6.90. The van der Waals surface area contributed by atoms with Gasteiger partial charge in [-0.3, -0.25) is 9.69 Å². The zero-order valence-electron chi connectivity index (χ0n) is 18.3. The van der Waals surface area contributed by atoms with Crippen LogP contribution in [0.4, 0.5) is 4.79 Å². The number of imide groups is 1. The minimum absolute atomic E-state index is 0.0369. The van der Waals surface area contributed by atoms with Gasteiger partial charge in [0.15, 0.2) is 0 Å². The molecule has 3 unspecified atom stereocenters. The predicted octanol–water partition coefficient (Wildman–Crippen LogP) is 4.81. The Morgan fingerprint density at radius 2 is 1.88 bits per heavy atom. The maximum atomic E-state index is 13.5. The van der Waals surface area contributed by atoms with Gasteiger partial charge < -0.3 is 14.1 Å². The Labute approximate surface area is 192 Å². The molecular weight excluding hydrogens is 430 g/mol. The highest BCUT2D eigenvalue weighted by Crippen LogP contribution is 2.36. The Morgan fingerprint density at radius 3 is 2.62 bits per heavy atom. The fourth-order valence-electron chi connectivity index (χ4n) is 5.16. The summed E-state index contributed by atoms with van der Waals surface area (Å²) in [5, 5.41) is 0.649. The fraction of sp³-hybridized carbons (Fsp3) is 0.542. The summed E-state index contributed by atoms with van der Waals surface area (Å²) in [6, 6.07) is 7.01. The minimum Gasteiger partial charge on any atom is -0.441 e. The molecule has 3 atom stereocenters. The Bertz CT molecular complexity index is 999. The molecule has 3 heterocycles. The number of halogens is 1. The van der Waals surface area contributed by atoms with Crippen molar-refractivity contribution in [3.63, 3.8) is 0 Å². The lowest BCUT2D eigenvalue weighted by Crippen LogP contribution is -2.63. The van der Waals surface area contributed by atoms with Gasteiger partial charge in [0.25, 0.3) is 0 Å². The number of hydrogen-bond acceptors (Lipinski definition) is 5. The second kappa shape index (κ2) is 8.87. The zero-order chi connectivity index (χ0) is 22.2. The molecule has 7 nitrogen and oxygen atoms in total. The van der Waals surface area contributed by atoms with E-state index in [-0.39, 0.29) is 30.0 Å². The second-order valence-electron chi connectivity index (χ2n) is 8.98. The number of rotatable bonds is 5. The number of benzene rings is 1. The second-order valence-corrected chi connectivity index (χ2v) is 9.42. The van der Waals surface area contributed by atoms with Gasteiger partial charge in [-0.2, -0.15) is 0 Å². The first-order valence-corrected chi connectivity index (χ1v) is 11.8. The molecule has 1 aliphatic carbocycles. The van der Waals surface area contributed by atoms with E-state index in [2.05, 4.69) is 0 Å². The van der Waals surface area contributed by atoms with Crippen molar-refractivity contribution >= 4 is 23.5 Å². The first kappa shape index (κ1) is 21.5. The average Bonchev–Trinajstić information content (AvgIpc) is 3.44. The quantitative estimate of drug-likeness (QED) is 0.644. The minimum atomic E-state index is -0.232. The number of aryl methyl sites for hydroxylation is 1. The topological polar surface area (TPSA) is 75.9 Å². The number of urea groups is 1. The van der Waals surface area contributed by atoms with E-state index in [4.69, 9.17) is 25.7 Å². The van der Waals surface area contributed by atoms with Crippen LogP contribution in [0, 0.1) is 12.8 Å². The van der Waals surface area contributed by atoms with E-state index in [0.29, 0.717) is 36.4 Å². The molecule has 0 bridgehead atoms. The highest BCUT2D eigenvalue weighted by Gasteiger charge is 2.47. The van der Waals surface area contributed by atoms with Crippen LogP contribution in [-0.2, 0) is 16.1 Å². The smallest absolute Gasteiger partial charge is 0.327 e. The fourth-order valence-corrected chi connectivity index (χ4v) is 5.29. The van der Waals surface area contributed by atoms with E-state index in [1.54, 1.807) is 12.1 Å². The number of aromatic nitrogens is 1. The van der Waals surface area contributed by atoms with Gasteiger partial charge in [-0.15, -0.1) is 0 Å². The molecule has 3 amide bonds. The standard InChI is InChI=1S/C24H28ClN3O4/c1-15-20(26-22(32-15)16-8-10-17(25)11-9-16)14-27-21-7-3-2-6-19(21)23(29)28(24(27)30)13-18-5-4-12-31-18/h8-11,18-19,21H,2-7,12-14H2,1H3. The third kappa shape index (κ3) is 4.04. The van der Waals surface area contributed by atoms with Crippen molar-refractivity contribution in [3.05, 3.63) is 40.7 Å². The molecule has 3 aliphatic rings. The zero-order valence-corrected chi connectivity index (χ0v) is 19.0. The molecule has 2 aromatic rings. The van der Waals surface area contributed by atoms with Crippen LogP contribution in [0.25, 0.3) is 11.5 Å². The predicted molar refractivity (Wildman–Crippen MR) is 119 cm³/mol. The molecule has 1 aromatic heterocycles. The van der Waals surface area contributed by atoms with Crippen LogP contribution < -0.4 is 0 Å². The number of carbonyl (C=O) groups is 2. The lowest BCUT2D eigenvalue weighted by Gasteiger charge is -2.47. The normalized spacial score (nSPS) is 26.0. The van der Waals surface area contributed by atoms with Crippen molar-refractivity contribution in [2.24, 2.45) is 5.92 Å². The molecule has 5 rings (SSSR count). The highest BCUT2D eigenvalue weighted by atomic mass is 35.5. The van der Waals surface area contributed by atoms with Crippen LogP contribution in [-0.4, -0.2) is 52.0 Å². The van der Waals surface area contributed by atoms with Gasteiger partial charge in [0, 0.05) is 23.2 Å². The van der Waals surface area contributed by atoms with Crippen LogP contribution in [0.5, 0.6) is 0 Å². The Balaban J connectivity index is 1.41. The summed E-state index contributed by atoms with van der Waals surface area (Å²) in [4.78, 5) is 34.7. The van der Waals surface area contributed by atoms with Gasteiger partial charge in [-0.1, -0.05) is 24.4 Å². The lowest BCUT2D eigenvalue weighted by atomic mass is 9.81. The van der Waals surface area contributed by atoms with Crippen molar-refractivity contribution in [2.45, 2.75) is 64.1 Å². The summed E-state index contributed by atoms with van der Waals surface area (Å²) in [5.41, 5.74) is 1.55. The molecule has 2 saturated heterocycles. The molecule has 32 heavy (non-hydrogen) atoms. The summed E-state index contributed by atoms with van der Waals surface area (Å²) in [6.45, 7) is 3.23. The first-order valence-electron chi connectivity index (χ1n) is 11.5. The number of ether oxygens (including phenoxy) is 1. The maximum absolute atomic E-state index is 13.5. The SMILES string of the molecule is Cc1oc(-c2ccc(Cl)cc2)nc1CN1C(=O)N(CC2CCCO2)C(=O)C2CCCCC21. The van der Waals surface area contributed by atoms with Crippen molar-refractivity contribution in [1.82, 2.24) is 14.8 Å². The molecule has 0 N–H and O–H groups in total. The van der Waals surface area contributed by atoms with E-state index >= 15 is 0 Å². The van der Waals surface area contributed by atoms with Crippen molar-refractivity contribution in [2.75, 3.05) is 13.2 Å². The number of oxazole rings is 1. The average molecular weight is 458 g/mol. The number of hydrogen-bond donors (Lipinski definition) is 0. The molecule has 0 radical (unpaired) electrons. The molecule has 170 valence electrons. The van der Waals surface area contributed by atoms with Gasteiger partial charge in [0.2, 0.25) is 11.8 Å². The van der Waals surface area contributed by atoms with Crippen LogP contribution in [0.2, 0.25) is 5.02 Å². The number of carbonyl (C=O) groups excluding carboxylic acids is 2. The molecule has 8 heteroatoms. The van der Waals surface area contributed by atoms with Crippen molar-refractivity contribution < 1.29 is 18.7 Å². The first-order chi connectivity index (χ1) is 15.5. The molecule has 0 spiro atoms. The van der Waals surface area contributed by atoms with E-state index in [0.717, 1.165) is 49.8 Å². The summed E-state index contributed by atoms with van der Waals surface area (Å²) in [7, 11) is 0. The van der Waals surface area contributed by atoms with Gasteiger partial charge >= 0.3 is 6.03 Å². The van der Waals surface area contributed by atoms with E-state index in [1.807, 2.05) is 24.0 Å². The van der Waals surface area contributed by atoms with Gasteiger partial charge in [-0.05, 0) is 56.9 Å². The largest absolute Gasteiger partial charge is 0.441 e. The monoisotopic (exact) mass is 457 g/mol. The van der Waals surface area contributed by atoms with Crippen molar-refractivity contribution in [3.8, 4) is 11.5 Å². The molecule has 1 saturated carbocycles. The molecule has 2 aliphatic heterocycles. The summed E-state index contributed by atoms with van der Waals surface area (Å²) >= 11 is 6.00. The summed E-state index contributed by atoms with van der Waals surface area (Å²) in [6.07, 6.45) is 5.51. The van der Waals surface area contributed by atoms with Crippen LogP contribution in [0.15, 0.2) is 28.7 Å². The number of fused-ring (bicyclic) bond motifs is 1.